The van der Waals surface area contributed by atoms with E-state index in [-0.39, 0.29) is 5.97 Å². The second-order valence-corrected chi connectivity index (χ2v) is 4.84. The van der Waals surface area contributed by atoms with E-state index in [1.165, 1.54) is 0 Å². The number of hydrogen-bond donors (Lipinski definition) is 1. The largest absolute Gasteiger partial charge is 0.475 e. The fourth-order valence-electron chi connectivity index (χ4n) is 2.25. The van der Waals surface area contributed by atoms with Crippen molar-refractivity contribution < 1.29 is 19.0 Å². The fraction of sp³-hybridized carbons (Fsp3) is 0.500. The number of fused-ring (bicyclic) bond motifs is 1. The molecule has 19 heavy (non-hydrogen) atoms. The summed E-state index contributed by atoms with van der Waals surface area (Å²) < 4.78 is 16.2. The first kappa shape index (κ1) is 12.3. The number of carbonyl (C=O) groups excluding carboxylic acids is 1. The summed E-state index contributed by atoms with van der Waals surface area (Å²) in [5.41, 5.74) is 0.913. The number of anilines is 1. The number of ether oxygens (including phenoxy) is 3. The molecule has 2 heterocycles. The Morgan fingerprint density at radius 2 is 2.32 bits per heavy atom. The molecule has 5 heteroatoms. The molecule has 3 rings (SSSR count). The second kappa shape index (κ2) is 5.48. The molecule has 5 nitrogen and oxygen atoms in total. The summed E-state index contributed by atoms with van der Waals surface area (Å²) in [7, 11) is 0. The molecule has 0 aliphatic carbocycles. The van der Waals surface area contributed by atoms with Crippen molar-refractivity contribution in [3.63, 3.8) is 0 Å². The van der Waals surface area contributed by atoms with Crippen molar-refractivity contribution in [3.8, 4) is 5.75 Å². The Kier molecular flexibility index (Phi) is 3.55. The molecule has 0 aromatic heterocycles. The van der Waals surface area contributed by atoms with Gasteiger partial charge in [-0.25, -0.2) is 4.79 Å². The van der Waals surface area contributed by atoms with Crippen molar-refractivity contribution in [3.05, 3.63) is 24.3 Å². The molecule has 1 aromatic rings. The highest BCUT2D eigenvalue weighted by Crippen LogP contribution is 2.28. The first-order chi connectivity index (χ1) is 9.33. The molecule has 0 radical (unpaired) electrons. The lowest BCUT2D eigenvalue weighted by Gasteiger charge is -2.26. The van der Waals surface area contributed by atoms with E-state index in [4.69, 9.17) is 14.2 Å². The Bertz CT molecular complexity index is 457. The molecule has 0 bridgehead atoms. The maximum atomic E-state index is 11.9. The Morgan fingerprint density at radius 3 is 3.16 bits per heavy atom. The van der Waals surface area contributed by atoms with Gasteiger partial charge in [-0.1, -0.05) is 12.1 Å². The van der Waals surface area contributed by atoms with E-state index in [1.54, 1.807) is 0 Å². The van der Waals surface area contributed by atoms with Crippen LogP contribution in [0.5, 0.6) is 5.75 Å². The van der Waals surface area contributed by atoms with Gasteiger partial charge in [-0.05, 0) is 18.6 Å². The highest BCUT2D eigenvalue weighted by Gasteiger charge is 2.28. The smallest absolute Gasteiger partial charge is 0.349 e. The zero-order valence-corrected chi connectivity index (χ0v) is 10.6. The zero-order valence-electron chi connectivity index (χ0n) is 10.6. The molecule has 1 saturated heterocycles. The number of esters is 1. The van der Waals surface area contributed by atoms with E-state index in [9.17, 15) is 4.79 Å². The van der Waals surface area contributed by atoms with Gasteiger partial charge in [0, 0.05) is 12.5 Å². The highest BCUT2D eigenvalue weighted by atomic mass is 16.6. The molecule has 0 saturated carbocycles. The fourth-order valence-corrected chi connectivity index (χ4v) is 2.25. The molecular formula is C14H17NO4. The predicted octanol–water partition coefficient (Wildman–Crippen LogP) is 1.44. The van der Waals surface area contributed by atoms with Crippen LogP contribution < -0.4 is 10.1 Å². The summed E-state index contributed by atoms with van der Waals surface area (Å²) in [5, 5.41) is 3.17. The zero-order chi connectivity index (χ0) is 13.1. The normalized spacial score (nSPS) is 25.1. The number of nitrogens with one attached hydrogen (secondary N) is 1. The van der Waals surface area contributed by atoms with Crippen molar-refractivity contribution in [2.45, 2.75) is 12.5 Å². The van der Waals surface area contributed by atoms with Gasteiger partial charge in [0.2, 0.25) is 6.10 Å². The third kappa shape index (κ3) is 2.81. The van der Waals surface area contributed by atoms with E-state index >= 15 is 0 Å². The quantitative estimate of drug-likeness (QED) is 0.836. The van der Waals surface area contributed by atoms with Crippen molar-refractivity contribution in [1.82, 2.24) is 0 Å². The minimum absolute atomic E-state index is 0.311. The number of carbonyl (C=O) groups is 1. The van der Waals surface area contributed by atoms with Crippen LogP contribution in [-0.4, -0.2) is 38.4 Å². The van der Waals surface area contributed by atoms with Crippen LogP contribution in [0.15, 0.2) is 24.3 Å². The number of rotatable bonds is 3. The van der Waals surface area contributed by atoms with Gasteiger partial charge in [-0.3, -0.25) is 0 Å². The van der Waals surface area contributed by atoms with Gasteiger partial charge in [0.25, 0.3) is 0 Å². The van der Waals surface area contributed by atoms with Crippen LogP contribution in [0.4, 0.5) is 5.69 Å². The molecule has 2 atom stereocenters. The highest BCUT2D eigenvalue weighted by molar-refractivity contribution is 5.77. The van der Waals surface area contributed by atoms with E-state index in [0.29, 0.717) is 31.4 Å². The van der Waals surface area contributed by atoms with Crippen LogP contribution in [0.3, 0.4) is 0 Å². The topological polar surface area (TPSA) is 56.8 Å². The van der Waals surface area contributed by atoms with Gasteiger partial charge in [0.1, 0.15) is 5.75 Å². The third-order valence-corrected chi connectivity index (χ3v) is 3.38. The Labute approximate surface area is 111 Å². The molecule has 2 aliphatic rings. The first-order valence-corrected chi connectivity index (χ1v) is 6.57. The summed E-state index contributed by atoms with van der Waals surface area (Å²) in [6.07, 6.45) is 0.386. The maximum absolute atomic E-state index is 11.9. The SMILES string of the molecule is O=C(OCC1CCOC1)C1CNc2ccccc2O1. The summed E-state index contributed by atoms with van der Waals surface area (Å²) in [4.78, 5) is 11.9. The molecule has 1 N–H and O–H groups in total. The molecule has 102 valence electrons. The van der Waals surface area contributed by atoms with Crippen molar-refractivity contribution in [2.75, 3.05) is 31.7 Å². The van der Waals surface area contributed by atoms with Gasteiger partial charge in [0.15, 0.2) is 0 Å². The molecule has 2 unspecified atom stereocenters. The average molecular weight is 263 g/mol. The van der Waals surface area contributed by atoms with Crippen LogP contribution in [0.2, 0.25) is 0 Å². The lowest BCUT2D eigenvalue weighted by molar-refractivity contribution is -0.152. The number of para-hydroxylation sites is 2. The first-order valence-electron chi connectivity index (χ1n) is 6.57. The van der Waals surface area contributed by atoms with Crippen LogP contribution in [0.25, 0.3) is 0 Å². The van der Waals surface area contributed by atoms with Crippen molar-refractivity contribution in [2.24, 2.45) is 5.92 Å². The number of hydrogen-bond acceptors (Lipinski definition) is 5. The molecule has 0 amide bonds. The van der Waals surface area contributed by atoms with Crippen LogP contribution in [0, 0.1) is 5.92 Å². The van der Waals surface area contributed by atoms with Crippen LogP contribution >= 0.6 is 0 Å². The standard InChI is InChI=1S/C14H17NO4/c16-14(18-9-10-5-6-17-8-10)13-7-15-11-3-1-2-4-12(11)19-13/h1-4,10,13,15H,5-9H2. The number of benzene rings is 1. The molecule has 1 aromatic carbocycles. The molecule has 2 aliphatic heterocycles. The molecule has 1 fully saturated rings. The van der Waals surface area contributed by atoms with Crippen molar-refractivity contribution >= 4 is 11.7 Å². The van der Waals surface area contributed by atoms with Gasteiger partial charge in [-0.2, -0.15) is 0 Å². The Hall–Kier alpha value is -1.75. The summed E-state index contributed by atoms with van der Waals surface area (Å²) >= 11 is 0. The van der Waals surface area contributed by atoms with Crippen LogP contribution in [0.1, 0.15) is 6.42 Å². The average Bonchev–Trinajstić information content (AvgIpc) is 2.97. The van der Waals surface area contributed by atoms with Gasteiger partial charge in [-0.15, -0.1) is 0 Å². The van der Waals surface area contributed by atoms with Gasteiger partial charge < -0.3 is 19.5 Å². The maximum Gasteiger partial charge on any atom is 0.349 e. The molecule has 0 spiro atoms. The van der Waals surface area contributed by atoms with Gasteiger partial charge >= 0.3 is 5.97 Å². The predicted molar refractivity (Wildman–Crippen MR) is 69.2 cm³/mol. The van der Waals surface area contributed by atoms with Crippen LogP contribution in [-0.2, 0) is 14.3 Å². The third-order valence-electron chi connectivity index (χ3n) is 3.38. The lowest BCUT2D eigenvalue weighted by Crippen LogP contribution is -2.39. The lowest BCUT2D eigenvalue weighted by atomic mass is 10.1. The Balaban J connectivity index is 1.54. The van der Waals surface area contributed by atoms with E-state index in [2.05, 4.69) is 5.32 Å². The van der Waals surface area contributed by atoms with Gasteiger partial charge in [0.05, 0.1) is 25.4 Å². The van der Waals surface area contributed by atoms with E-state index < -0.39 is 6.10 Å². The molecular weight excluding hydrogens is 246 g/mol. The summed E-state index contributed by atoms with van der Waals surface area (Å²) in [6, 6.07) is 7.57. The summed E-state index contributed by atoms with van der Waals surface area (Å²) in [6.45, 7) is 2.30. The second-order valence-electron chi connectivity index (χ2n) is 4.84. The van der Waals surface area contributed by atoms with E-state index in [0.717, 1.165) is 18.7 Å². The van der Waals surface area contributed by atoms with Crippen molar-refractivity contribution in [1.29, 1.82) is 0 Å². The summed E-state index contributed by atoms with van der Waals surface area (Å²) in [5.74, 6) is 0.710. The Morgan fingerprint density at radius 1 is 1.42 bits per heavy atom. The monoisotopic (exact) mass is 263 g/mol. The minimum Gasteiger partial charge on any atom is -0.475 e. The minimum atomic E-state index is -0.572. The van der Waals surface area contributed by atoms with E-state index in [1.807, 2.05) is 24.3 Å².